The minimum atomic E-state index is 0.250. The molecule has 0 unspecified atom stereocenters. The van der Waals surface area contributed by atoms with E-state index in [-0.39, 0.29) is 5.91 Å². The highest BCUT2D eigenvalue weighted by Gasteiger charge is 2.23. The molecule has 0 N–H and O–H groups in total. The fraction of sp³-hybridized carbons (Fsp3) is 0.600. The quantitative estimate of drug-likeness (QED) is 0.594. The number of amidine groups is 1. The van der Waals surface area contributed by atoms with Crippen molar-refractivity contribution in [3.8, 4) is 0 Å². The second-order valence-corrected chi connectivity index (χ2v) is 7.95. The van der Waals surface area contributed by atoms with Crippen molar-refractivity contribution in [1.82, 2.24) is 9.80 Å². The first-order valence-corrected chi connectivity index (χ1v) is 10.5. The predicted molar refractivity (Wildman–Crippen MR) is 106 cm³/mol. The van der Waals surface area contributed by atoms with Gasteiger partial charge in [-0.25, -0.2) is 4.99 Å². The molecule has 2 aliphatic rings. The Kier molecular flexibility index (Phi) is 6.79. The lowest BCUT2D eigenvalue weighted by atomic mass is 9.95. The maximum atomic E-state index is 12.4. The Morgan fingerprint density at radius 3 is 2.48 bits per heavy atom. The maximum absolute atomic E-state index is 12.4. The van der Waals surface area contributed by atoms with Gasteiger partial charge >= 0.3 is 0 Å². The van der Waals surface area contributed by atoms with Crippen LogP contribution in [0.3, 0.4) is 0 Å². The number of aliphatic imine (C=N–C) groups is 1. The first-order valence-electron chi connectivity index (χ1n) is 9.51. The number of carbonyl (C=O) groups is 1. The molecule has 1 aromatic carbocycles. The molecule has 136 valence electrons. The third kappa shape index (κ3) is 5.24. The van der Waals surface area contributed by atoms with E-state index in [2.05, 4.69) is 11.9 Å². The van der Waals surface area contributed by atoms with Crippen LogP contribution in [0.1, 0.15) is 44.9 Å². The average molecular weight is 360 g/mol. The summed E-state index contributed by atoms with van der Waals surface area (Å²) >= 11 is 1.60. The van der Waals surface area contributed by atoms with Crippen molar-refractivity contribution in [1.29, 1.82) is 0 Å². The molecule has 4 nitrogen and oxygen atoms in total. The molecule has 0 aromatic heterocycles. The molecule has 1 aliphatic carbocycles. The summed E-state index contributed by atoms with van der Waals surface area (Å²) in [5, 5.41) is 0.977. The van der Waals surface area contributed by atoms with Crippen LogP contribution in [0.2, 0.25) is 0 Å². The summed E-state index contributed by atoms with van der Waals surface area (Å²) in [4.78, 5) is 21.6. The number of hydrogen-bond acceptors (Lipinski definition) is 3. The molecule has 0 bridgehead atoms. The third-order valence-electron chi connectivity index (χ3n) is 5.19. The van der Waals surface area contributed by atoms with Gasteiger partial charge in [-0.3, -0.25) is 4.79 Å². The molecule has 1 saturated carbocycles. The van der Waals surface area contributed by atoms with E-state index in [1.165, 1.54) is 32.1 Å². The number of thioether (sulfide) groups is 1. The van der Waals surface area contributed by atoms with Crippen molar-refractivity contribution in [2.75, 3.05) is 25.9 Å². The van der Waals surface area contributed by atoms with Gasteiger partial charge in [-0.2, -0.15) is 0 Å². The van der Waals surface area contributed by atoms with Crippen molar-refractivity contribution < 1.29 is 4.79 Å². The standard InChI is InChI=1S/C20H29N3OS/c1-22(18-12-6-3-7-13-18)20(21-17-10-4-2-5-11-17)25-16-19(24)23-14-8-9-15-23/h2,4-5,10-11,18H,3,6-9,12-16H2,1H3. The van der Waals surface area contributed by atoms with Crippen LogP contribution in [0.5, 0.6) is 0 Å². The van der Waals surface area contributed by atoms with E-state index in [9.17, 15) is 4.79 Å². The van der Waals surface area contributed by atoms with Gasteiger partial charge in [0.1, 0.15) is 0 Å². The maximum Gasteiger partial charge on any atom is 0.233 e. The van der Waals surface area contributed by atoms with Crippen LogP contribution in [0.4, 0.5) is 5.69 Å². The smallest absolute Gasteiger partial charge is 0.233 e. The van der Waals surface area contributed by atoms with Crippen LogP contribution < -0.4 is 0 Å². The highest BCUT2D eigenvalue weighted by atomic mass is 32.2. The van der Waals surface area contributed by atoms with Crippen LogP contribution in [0.15, 0.2) is 35.3 Å². The largest absolute Gasteiger partial charge is 0.351 e. The summed E-state index contributed by atoms with van der Waals surface area (Å²) < 4.78 is 0. The van der Waals surface area contributed by atoms with Crippen molar-refractivity contribution in [3.63, 3.8) is 0 Å². The summed E-state index contributed by atoms with van der Waals surface area (Å²) in [7, 11) is 2.14. The second-order valence-electron chi connectivity index (χ2n) is 7.01. The second kappa shape index (κ2) is 9.27. The van der Waals surface area contributed by atoms with Gasteiger partial charge < -0.3 is 9.80 Å². The van der Waals surface area contributed by atoms with Crippen molar-refractivity contribution >= 4 is 28.5 Å². The molecule has 3 rings (SSSR count). The Morgan fingerprint density at radius 1 is 1.12 bits per heavy atom. The van der Waals surface area contributed by atoms with Crippen LogP contribution >= 0.6 is 11.8 Å². The summed E-state index contributed by atoms with van der Waals surface area (Å²) in [6.45, 7) is 1.84. The number of rotatable bonds is 4. The molecule has 1 heterocycles. The zero-order valence-corrected chi connectivity index (χ0v) is 16.0. The Morgan fingerprint density at radius 2 is 1.80 bits per heavy atom. The van der Waals surface area contributed by atoms with Crippen LogP contribution in [0.25, 0.3) is 0 Å². The van der Waals surface area contributed by atoms with E-state index in [0.717, 1.165) is 36.8 Å². The number of hydrogen-bond donors (Lipinski definition) is 0. The van der Waals surface area contributed by atoms with E-state index in [0.29, 0.717) is 11.8 Å². The molecule has 1 aliphatic heterocycles. The summed E-state index contributed by atoms with van der Waals surface area (Å²) in [5.74, 6) is 0.739. The lowest BCUT2D eigenvalue weighted by Crippen LogP contribution is -2.38. The summed E-state index contributed by atoms with van der Waals surface area (Å²) in [5.41, 5.74) is 0.960. The highest BCUT2D eigenvalue weighted by molar-refractivity contribution is 8.14. The minimum absolute atomic E-state index is 0.250. The number of amides is 1. The Hall–Kier alpha value is -1.49. The fourth-order valence-corrected chi connectivity index (χ4v) is 4.59. The van der Waals surface area contributed by atoms with Crippen LogP contribution in [0, 0.1) is 0 Å². The van der Waals surface area contributed by atoms with Gasteiger partial charge in [-0.1, -0.05) is 49.2 Å². The molecule has 0 radical (unpaired) electrons. The molecule has 0 spiro atoms. The van der Waals surface area contributed by atoms with Crippen molar-refractivity contribution in [2.45, 2.75) is 51.0 Å². The van der Waals surface area contributed by atoms with E-state index in [1.54, 1.807) is 11.8 Å². The first kappa shape index (κ1) is 18.3. The molecule has 1 aromatic rings. The highest BCUT2D eigenvalue weighted by Crippen LogP contribution is 2.26. The fourth-order valence-electron chi connectivity index (χ4n) is 3.63. The van der Waals surface area contributed by atoms with Gasteiger partial charge in [0.2, 0.25) is 5.91 Å². The predicted octanol–water partition coefficient (Wildman–Crippen LogP) is 4.29. The average Bonchev–Trinajstić information content (AvgIpc) is 3.21. The number of nitrogens with zero attached hydrogens (tertiary/aromatic N) is 3. The Bertz CT molecular complexity index is 578. The summed E-state index contributed by atoms with van der Waals surface area (Å²) in [6, 6.07) is 10.6. The van der Waals surface area contributed by atoms with E-state index in [1.807, 2.05) is 35.2 Å². The molecule has 1 saturated heterocycles. The van der Waals surface area contributed by atoms with Crippen molar-refractivity contribution in [3.05, 3.63) is 30.3 Å². The Labute approximate surface area is 155 Å². The SMILES string of the molecule is CN(C(=Nc1ccccc1)SCC(=O)N1CCCC1)C1CCCCC1. The van der Waals surface area contributed by atoms with Gasteiger partial charge in [0.15, 0.2) is 5.17 Å². The minimum Gasteiger partial charge on any atom is -0.351 e. The Balaban J connectivity index is 1.69. The summed E-state index contributed by atoms with van der Waals surface area (Å²) in [6.07, 6.45) is 8.68. The van der Waals surface area contributed by atoms with E-state index < -0.39 is 0 Å². The molecule has 2 fully saturated rings. The molecular formula is C20H29N3OS. The molecular weight excluding hydrogens is 330 g/mol. The lowest BCUT2D eigenvalue weighted by molar-refractivity contribution is -0.127. The van der Waals surface area contributed by atoms with Crippen LogP contribution in [-0.2, 0) is 4.79 Å². The van der Waals surface area contributed by atoms with Gasteiger partial charge in [-0.15, -0.1) is 0 Å². The van der Waals surface area contributed by atoms with Crippen molar-refractivity contribution in [2.24, 2.45) is 4.99 Å². The number of para-hydroxylation sites is 1. The van der Waals surface area contributed by atoms with Gasteiger partial charge in [0, 0.05) is 26.2 Å². The van der Waals surface area contributed by atoms with E-state index in [4.69, 9.17) is 4.99 Å². The van der Waals surface area contributed by atoms with Gasteiger partial charge in [-0.05, 0) is 37.8 Å². The lowest BCUT2D eigenvalue weighted by Gasteiger charge is -2.33. The third-order valence-corrected chi connectivity index (χ3v) is 6.22. The first-order chi connectivity index (χ1) is 12.2. The van der Waals surface area contributed by atoms with E-state index >= 15 is 0 Å². The zero-order valence-electron chi connectivity index (χ0n) is 15.2. The molecule has 1 amide bonds. The molecule has 0 atom stereocenters. The number of carbonyl (C=O) groups excluding carboxylic acids is 1. The van der Waals surface area contributed by atoms with Crippen LogP contribution in [-0.4, -0.2) is 52.8 Å². The normalized spacial score (nSPS) is 19.2. The monoisotopic (exact) mass is 359 g/mol. The molecule has 5 heteroatoms. The topological polar surface area (TPSA) is 35.9 Å². The molecule has 25 heavy (non-hydrogen) atoms. The van der Waals surface area contributed by atoms with Gasteiger partial charge in [0.05, 0.1) is 11.4 Å². The van der Waals surface area contributed by atoms with Gasteiger partial charge in [0.25, 0.3) is 0 Å². The number of benzene rings is 1. The zero-order chi connectivity index (χ0) is 17.5. The number of likely N-dealkylation sites (tertiary alicyclic amines) is 1.